The van der Waals surface area contributed by atoms with Crippen molar-refractivity contribution >= 4 is 24.1 Å². The molecule has 0 aliphatic rings. The summed E-state index contributed by atoms with van der Waals surface area (Å²) in [7, 11) is 1.76. The summed E-state index contributed by atoms with van der Waals surface area (Å²) in [5.74, 6) is 0.459. The second-order valence-electron chi connectivity index (χ2n) is 2.55. The number of nitrogens with one attached hydrogen (secondary N) is 1. The zero-order chi connectivity index (χ0) is 9.14. The highest BCUT2D eigenvalue weighted by atomic mass is 35.5. The van der Waals surface area contributed by atoms with Crippen LogP contribution in [0.4, 0.5) is 5.82 Å². The van der Waals surface area contributed by atoms with E-state index < -0.39 is 0 Å². The number of carbonyl (C=O) groups excluding carboxylic acids is 1. The van der Waals surface area contributed by atoms with Gasteiger partial charge in [0.05, 0.1) is 12.2 Å². The highest BCUT2D eigenvalue weighted by molar-refractivity contribution is 5.91. The van der Waals surface area contributed by atoms with Gasteiger partial charge in [0, 0.05) is 13.1 Å². The third kappa shape index (κ3) is 3.04. The highest BCUT2D eigenvalue weighted by Gasteiger charge is 2.03. The largest absolute Gasteiger partial charge is 0.322 e. The van der Waals surface area contributed by atoms with E-state index in [0.717, 1.165) is 5.69 Å². The standard InChI is InChI=1S/C7H12N4O.ClH/c1-5-3-6(11(2)10-5)9-7(12)4-8;/h3H,4,8H2,1-2H3,(H,9,12);1H. The van der Waals surface area contributed by atoms with Crippen molar-refractivity contribution < 1.29 is 4.79 Å². The summed E-state index contributed by atoms with van der Waals surface area (Å²) in [5.41, 5.74) is 6.00. The lowest BCUT2D eigenvalue weighted by Crippen LogP contribution is -2.23. The number of carbonyl (C=O) groups is 1. The van der Waals surface area contributed by atoms with Crippen molar-refractivity contribution in [3.63, 3.8) is 0 Å². The summed E-state index contributed by atoms with van der Waals surface area (Å²) in [6, 6.07) is 1.79. The molecule has 0 unspecified atom stereocenters. The minimum Gasteiger partial charge on any atom is -0.322 e. The van der Waals surface area contributed by atoms with Crippen molar-refractivity contribution in [1.82, 2.24) is 9.78 Å². The van der Waals surface area contributed by atoms with Crippen LogP contribution >= 0.6 is 12.4 Å². The zero-order valence-corrected chi connectivity index (χ0v) is 8.39. The number of nitrogens with zero attached hydrogens (tertiary/aromatic N) is 2. The van der Waals surface area contributed by atoms with Crippen LogP contribution in [-0.2, 0) is 11.8 Å². The number of hydrogen-bond acceptors (Lipinski definition) is 3. The van der Waals surface area contributed by atoms with Gasteiger partial charge >= 0.3 is 0 Å². The lowest BCUT2D eigenvalue weighted by Gasteiger charge is -2.01. The smallest absolute Gasteiger partial charge is 0.239 e. The van der Waals surface area contributed by atoms with E-state index in [1.165, 1.54) is 0 Å². The average molecular weight is 205 g/mol. The quantitative estimate of drug-likeness (QED) is 0.715. The molecule has 1 heterocycles. The molecule has 1 rings (SSSR count). The molecular weight excluding hydrogens is 192 g/mol. The summed E-state index contributed by atoms with van der Waals surface area (Å²) in [6.07, 6.45) is 0. The molecule has 0 atom stereocenters. The number of aromatic nitrogens is 2. The maximum absolute atomic E-state index is 10.9. The molecule has 74 valence electrons. The van der Waals surface area contributed by atoms with Crippen molar-refractivity contribution in [3.05, 3.63) is 11.8 Å². The highest BCUT2D eigenvalue weighted by Crippen LogP contribution is 2.06. The van der Waals surface area contributed by atoms with E-state index in [1.54, 1.807) is 17.8 Å². The molecule has 13 heavy (non-hydrogen) atoms. The van der Waals surface area contributed by atoms with Gasteiger partial charge in [-0.3, -0.25) is 9.48 Å². The minimum atomic E-state index is -0.210. The monoisotopic (exact) mass is 204 g/mol. The van der Waals surface area contributed by atoms with Gasteiger partial charge in [-0.05, 0) is 6.92 Å². The zero-order valence-electron chi connectivity index (χ0n) is 7.57. The van der Waals surface area contributed by atoms with Crippen LogP contribution < -0.4 is 11.1 Å². The number of anilines is 1. The first kappa shape index (κ1) is 11.9. The third-order valence-corrected chi connectivity index (χ3v) is 1.45. The number of rotatable bonds is 2. The number of nitrogens with two attached hydrogens (primary N) is 1. The number of halogens is 1. The number of amides is 1. The van der Waals surface area contributed by atoms with E-state index >= 15 is 0 Å². The Morgan fingerprint density at radius 2 is 2.38 bits per heavy atom. The third-order valence-electron chi connectivity index (χ3n) is 1.45. The van der Waals surface area contributed by atoms with Crippen molar-refractivity contribution in [1.29, 1.82) is 0 Å². The fourth-order valence-electron chi connectivity index (χ4n) is 0.921. The van der Waals surface area contributed by atoms with Gasteiger partial charge in [0.1, 0.15) is 5.82 Å². The van der Waals surface area contributed by atoms with Crippen LogP contribution in [0.3, 0.4) is 0 Å². The molecule has 1 aromatic rings. The molecule has 0 aromatic carbocycles. The van der Waals surface area contributed by atoms with Gasteiger partial charge in [0.15, 0.2) is 0 Å². The molecule has 3 N–H and O–H groups in total. The Balaban J connectivity index is 0.00000144. The average Bonchev–Trinajstić information content (AvgIpc) is 2.30. The predicted octanol–water partition coefficient (Wildman–Crippen LogP) is 0.0475. The summed E-state index contributed by atoms with van der Waals surface area (Å²) in [5, 5.41) is 6.68. The molecule has 0 fully saturated rings. The topological polar surface area (TPSA) is 72.9 Å². The molecule has 0 bridgehead atoms. The SMILES string of the molecule is Cc1cc(NC(=O)CN)n(C)n1.Cl. The molecule has 1 aromatic heterocycles. The van der Waals surface area contributed by atoms with E-state index in [9.17, 15) is 4.79 Å². The van der Waals surface area contributed by atoms with Crippen LogP contribution in [0, 0.1) is 6.92 Å². The number of hydrogen-bond donors (Lipinski definition) is 2. The second-order valence-corrected chi connectivity index (χ2v) is 2.55. The fourth-order valence-corrected chi connectivity index (χ4v) is 0.921. The Morgan fingerprint density at radius 1 is 1.77 bits per heavy atom. The van der Waals surface area contributed by atoms with Gasteiger partial charge in [-0.25, -0.2) is 0 Å². The lowest BCUT2D eigenvalue weighted by atomic mass is 10.4. The lowest BCUT2D eigenvalue weighted by molar-refractivity contribution is -0.114. The molecule has 0 aliphatic heterocycles. The minimum absolute atomic E-state index is 0. The predicted molar refractivity (Wildman–Crippen MR) is 52.9 cm³/mol. The van der Waals surface area contributed by atoms with E-state index in [4.69, 9.17) is 5.73 Å². The molecule has 0 saturated carbocycles. The van der Waals surface area contributed by atoms with Crippen LogP contribution in [0.15, 0.2) is 6.07 Å². The Labute approximate surface area is 82.7 Å². The van der Waals surface area contributed by atoms with Gasteiger partial charge in [-0.1, -0.05) is 0 Å². The van der Waals surface area contributed by atoms with Gasteiger partial charge in [-0.2, -0.15) is 5.10 Å². The maximum Gasteiger partial charge on any atom is 0.239 e. The van der Waals surface area contributed by atoms with Crippen LogP contribution in [0.25, 0.3) is 0 Å². The van der Waals surface area contributed by atoms with Crippen LogP contribution in [-0.4, -0.2) is 22.2 Å². The van der Waals surface area contributed by atoms with Crippen molar-refractivity contribution in [3.8, 4) is 0 Å². The van der Waals surface area contributed by atoms with E-state index in [1.807, 2.05) is 6.92 Å². The summed E-state index contributed by atoms with van der Waals surface area (Å²) >= 11 is 0. The summed E-state index contributed by atoms with van der Waals surface area (Å²) in [4.78, 5) is 10.9. The Kier molecular flexibility index (Phi) is 4.44. The molecule has 0 spiro atoms. The maximum atomic E-state index is 10.9. The van der Waals surface area contributed by atoms with Crippen molar-refractivity contribution in [2.45, 2.75) is 6.92 Å². The summed E-state index contributed by atoms with van der Waals surface area (Å²) in [6.45, 7) is 1.85. The van der Waals surface area contributed by atoms with Gasteiger partial charge in [0.2, 0.25) is 5.91 Å². The molecule has 5 nitrogen and oxygen atoms in total. The van der Waals surface area contributed by atoms with Crippen LogP contribution in [0.1, 0.15) is 5.69 Å². The fraction of sp³-hybridized carbons (Fsp3) is 0.429. The van der Waals surface area contributed by atoms with E-state index in [-0.39, 0.29) is 24.9 Å². The molecule has 0 saturated heterocycles. The molecule has 6 heteroatoms. The normalized spacial score (nSPS) is 9.15. The first-order valence-electron chi connectivity index (χ1n) is 3.64. The number of aryl methyl sites for hydroxylation is 2. The molecular formula is C7H13ClN4O. The summed E-state index contributed by atoms with van der Waals surface area (Å²) < 4.78 is 1.60. The Bertz CT molecular complexity index is 297. The van der Waals surface area contributed by atoms with Crippen molar-refractivity contribution in [2.75, 3.05) is 11.9 Å². The first-order chi connectivity index (χ1) is 5.63. The van der Waals surface area contributed by atoms with Crippen molar-refractivity contribution in [2.24, 2.45) is 12.8 Å². The van der Waals surface area contributed by atoms with Gasteiger partial charge in [-0.15, -0.1) is 12.4 Å². The first-order valence-corrected chi connectivity index (χ1v) is 3.64. The second kappa shape index (κ2) is 4.84. The molecule has 0 aliphatic carbocycles. The van der Waals surface area contributed by atoms with E-state index in [2.05, 4.69) is 10.4 Å². The molecule has 0 radical (unpaired) electrons. The molecule has 1 amide bonds. The Hall–Kier alpha value is -1.07. The van der Waals surface area contributed by atoms with Crippen LogP contribution in [0.5, 0.6) is 0 Å². The Morgan fingerprint density at radius 3 is 2.77 bits per heavy atom. The van der Waals surface area contributed by atoms with Crippen LogP contribution in [0.2, 0.25) is 0 Å². The van der Waals surface area contributed by atoms with E-state index in [0.29, 0.717) is 5.82 Å². The van der Waals surface area contributed by atoms with Gasteiger partial charge < -0.3 is 11.1 Å². The van der Waals surface area contributed by atoms with Gasteiger partial charge in [0.25, 0.3) is 0 Å².